The van der Waals surface area contributed by atoms with Gasteiger partial charge < -0.3 is 0 Å². The average molecular weight is 329 g/mol. The van der Waals surface area contributed by atoms with Gasteiger partial charge in [-0.25, -0.2) is 9.67 Å². The zero-order valence-electron chi connectivity index (χ0n) is 14.2. The number of likely N-dealkylation sites (tertiary alicyclic amines) is 1. The van der Waals surface area contributed by atoms with Gasteiger partial charge in [0.1, 0.15) is 5.82 Å². The lowest BCUT2D eigenvalue weighted by Crippen LogP contribution is -2.37. The third-order valence-electron chi connectivity index (χ3n) is 4.66. The lowest BCUT2D eigenvalue weighted by atomic mass is 9.97. The summed E-state index contributed by atoms with van der Waals surface area (Å²) in [6.07, 6.45) is 3.60. The summed E-state index contributed by atoms with van der Waals surface area (Å²) >= 11 is 0. The van der Waals surface area contributed by atoms with E-state index in [1.54, 1.807) is 34.6 Å². The Morgan fingerprint density at radius 2 is 1.88 bits per heavy atom. The first-order valence-electron chi connectivity index (χ1n) is 8.31. The van der Waals surface area contributed by atoms with E-state index >= 15 is 0 Å². The van der Waals surface area contributed by atoms with Gasteiger partial charge in [-0.05, 0) is 44.8 Å². The maximum Gasteiger partial charge on any atom is 0.266 e. The van der Waals surface area contributed by atoms with Crippen molar-refractivity contribution in [2.24, 2.45) is 13.0 Å². The fraction of sp³-hybridized carbons (Fsp3) is 0.529. The largest absolute Gasteiger partial charge is 0.299 e. The molecule has 0 amide bonds. The molecule has 0 spiro atoms. The van der Waals surface area contributed by atoms with Crippen molar-refractivity contribution in [1.29, 1.82) is 0 Å². The zero-order chi connectivity index (χ0) is 17.1. The topological polar surface area (TPSA) is 73.0 Å². The summed E-state index contributed by atoms with van der Waals surface area (Å²) in [6, 6.07) is 4.81. The van der Waals surface area contributed by atoms with E-state index in [9.17, 15) is 9.59 Å². The number of aromatic nitrogens is 4. The minimum Gasteiger partial charge on any atom is -0.299 e. The summed E-state index contributed by atoms with van der Waals surface area (Å²) in [7, 11) is 1.76. The summed E-state index contributed by atoms with van der Waals surface area (Å²) in [5.41, 5.74) is 0.800. The smallest absolute Gasteiger partial charge is 0.266 e. The first kappa shape index (κ1) is 16.6. The second kappa shape index (κ2) is 7.09. The maximum atomic E-state index is 11.9. The van der Waals surface area contributed by atoms with Crippen LogP contribution in [0.1, 0.15) is 24.4 Å². The van der Waals surface area contributed by atoms with E-state index in [2.05, 4.69) is 15.0 Å². The van der Waals surface area contributed by atoms with Crippen LogP contribution in [0.25, 0.3) is 0 Å². The number of hydrogen-bond acceptors (Lipinski definition) is 5. The zero-order valence-corrected chi connectivity index (χ0v) is 14.2. The van der Waals surface area contributed by atoms with Crippen molar-refractivity contribution in [2.45, 2.75) is 32.9 Å². The van der Waals surface area contributed by atoms with Crippen LogP contribution in [-0.4, -0.2) is 37.3 Å². The molecule has 3 rings (SSSR count). The summed E-state index contributed by atoms with van der Waals surface area (Å²) < 4.78 is 3.18. The minimum absolute atomic E-state index is 0.0280. The van der Waals surface area contributed by atoms with Crippen LogP contribution in [0.4, 0.5) is 0 Å². The van der Waals surface area contributed by atoms with E-state index in [1.807, 2.05) is 6.92 Å². The van der Waals surface area contributed by atoms with Gasteiger partial charge in [-0.15, -0.1) is 0 Å². The van der Waals surface area contributed by atoms with Gasteiger partial charge in [0.15, 0.2) is 0 Å². The number of hydrogen-bond donors (Lipinski definition) is 0. The van der Waals surface area contributed by atoms with Crippen LogP contribution in [0.15, 0.2) is 34.0 Å². The Hall–Kier alpha value is -2.28. The van der Waals surface area contributed by atoms with E-state index in [0.29, 0.717) is 19.0 Å². The van der Waals surface area contributed by atoms with Gasteiger partial charge in [0.2, 0.25) is 0 Å². The molecule has 0 N–H and O–H groups in total. The quantitative estimate of drug-likeness (QED) is 0.819. The van der Waals surface area contributed by atoms with Crippen LogP contribution < -0.4 is 11.1 Å². The van der Waals surface area contributed by atoms with Gasteiger partial charge in [-0.1, -0.05) is 0 Å². The molecule has 0 aromatic carbocycles. The SMILES string of the molecule is Cc1ccc(=O)n(CC2CCN(Cc3nccc(=O)n3C)CC2)n1. The van der Waals surface area contributed by atoms with Crippen molar-refractivity contribution in [3.8, 4) is 0 Å². The molecule has 0 bridgehead atoms. The fourth-order valence-corrected chi connectivity index (χ4v) is 3.11. The third kappa shape index (κ3) is 3.79. The highest BCUT2D eigenvalue weighted by Gasteiger charge is 2.21. The average Bonchev–Trinajstić information content (AvgIpc) is 2.57. The van der Waals surface area contributed by atoms with E-state index in [4.69, 9.17) is 0 Å². The second-order valence-corrected chi connectivity index (χ2v) is 6.47. The predicted molar refractivity (Wildman–Crippen MR) is 90.7 cm³/mol. The van der Waals surface area contributed by atoms with Crippen LogP contribution in [0.2, 0.25) is 0 Å². The Bertz CT molecular complexity index is 818. The molecule has 1 aliphatic heterocycles. The predicted octanol–water partition coefficient (Wildman–Crippen LogP) is 0.558. The van der Waals surface area contributed by atoms with Crippen LogP contribution in [0.5, 0.6) is 0 Å². The van der Waals surface area contributed by atoms with E-state index in [0.717, 1.165) is 37.4 Å². The molecule has 7 heteroatoms. The third-order valence-corrected chi connectivity index (χ3v) is 4.66. The highest BCUT2D eigenvalue weighted by Crippen LogP contribution is 2.19. The van der Waals surface area contributed by atoms with Crippen molar-refractivity contribution in [3.05, 3.63) is 56.6 Å². The highest BCUT2D eigenvalue weighted by atomic mass is 16.1. The van der Waals surface area contributed by atoms with Crippen LogP contribution in [0, 0.1) is 12.8 Å². The van der Waals surface area contributed by atoms with Crippen LogP contribution in [-0.2, 0) is 20.1 Å². The Balaban J connectivity index is 1.58. The minimum atomic E-state index is -0.0356. The van der Waals surface area contributed by atoms with Gasteiger partial charge in [-0.3, -0.25) is 19.1 Å². The molecular weight excluding hydrogens is 306 g/mol. The molecule has 0 radical (unpaired) electrons. The molecule has 0 aliphatic carbocycles. The van der Waals surface area contributed by atoms with E-state index < -0.39 is 0 Å². The highest BCUT2D eigenvalue weighted by molar-refractivity contribution is 4.97. The van der Waals surface area contributed by atoms with Gasteiger partial charge >= 0.3 is 0 Å². The molecule has 24 heavy (non-hydrogen) atoms. The lowest BCUT2D eigenvalue weighted by Gasteiger charge is -2.31. The molecule has 3 heterocycles. The normalized spacial score (nSPS) is 16.4. The van der Waals surface area contributed by atoms with Crippen molar-refractivity contribution in [3.63, 3.8) is 0 Å². The standard InChI is InChI=1S/C17H23N5O2/c1-13-3-4-17(24)22(19-13)11-14-6-9-21(10-7-14)12-15-18-8-5-16(23)20(15)2/h3-5,8,14H,6-7,9-12H2,1-2H3. The Kier molecular flexibility index (Phi) is 4.89. The molecule has 7 nitrogen and oxygen atoms in total. The molecule has 1 saturated heterocycles. The van der Waals surface area contributed by atoms with Gasteiger partial charge in [0, 0.05) is 31.9 Å². The van der Waals surface area contributed by atoms with Crippen LogP contribution >= 0.6 is 0 Å². The van der Waals surface area contributed by atoms with Gasteiger partial charge in [-0.2, -0.15) is 5.10 Å². The molecule has 0 saturated carbocycles. The Morgan fingerprint density at radius 3 is 2.62 bits per heavy atom. The number of nitrogens with zero attached hydrogens (tertiary/aromatic N) is 5. The molecular formula is C17H23N5O2. The van der Waals surface area contributed by atoms with E-state index in [1.165, 1.54) is 6.07 Å². The molecule has 2 aromatic heterocycles. The molecule has 128 valence electrons. The number of rotatable bonds is 4. The number of aryl methyl sites for hydroxylation is 1. The van der Waals surface area contributed by atoms with Crippen molar-refractivity contribution < 1.29 is 0 Å². The first-order chi connectivity index (χ1) is 11.5. The van der Waals surface area contributed by atoms with E-state index in [-0.39, 0.29) is 11.1 Å². The Morgan fingerprint density at radius 1 is 1.12 bits per heavy atom. The lowest BCUT2D eigenvalue weighted by molar-refractivity contribution is 0.158. The first-order valence-corrected chi connectivity index (χ1v) is 8.31. The molecule has 1 fully saturated rings. The monoisotopic (exact) mass is 329 g/mol. The fourth-order valence-electron chi connectivity index (χ4n) is 3.11. The summed E-state index contributed by atoms with van der Waals surface area (Å²) in [6.45, 7) is 5.14. The molecule has 0 atom stereocenters. The van der Waals surface area contributed by atoms with Crippen molar-refractivity contribution >= 4 is 0 Å². The summed E-state index contributed by atoms with van der Waals surface area (Å²) in [5, 5.41) is 4.32. The van der Waals surface area contributed by atoms with Crippen molar-refractivity contribution in [1.82, 2.24) is 24.2 Å². The Labute approximate surface area is 140 Å². The number of piperidine rings is 1. The summed E-state index contributed by atoms with van der Waals surface area (Å²) in [5.74, 6) is 1.25. The second-order valence-electron chi connectivity index (χ2n) is 6.47. The maximum absolute atomic E-state index is 11.9. The molecule has 1 aliphatic rings. The molecule has 2 aromatic rings. The molecule has 0 unspecified atom stereocenters. The van der Waals surface area contributed by atoms with Crippen molar-refractivity contribution in [2.75, 3.05) is 13.1 Å². The van der Waals surface area contributed by atoms with Gasteiger partial charge in [0.25, 0.3) is 11.1 Å². The van der Waals surface area contributed by atoms with Crippen LogP contribution in [0.3, 0.4) is 0 Å². The van der Waals surface area contributed by atoms with Gasteiger partial charge in [0.05, 0.1) is 12.2 Å². The summed E-state index contributed by atoms with van der Waals surface area (Å²) in [4.78, 5) is 30.1.